The number of H-pyrrole nitrogens is 1. The monoisotopic (exact) mass is 368 g/mol. The van der Waals surface area contributed by atoms with Crippen molar-refractivity contribution in [1.29, 1.82) is 0 Å². The van der Waals surface area contributed by atoms with Crippen LogP contribution in [0.2, 0.25) is 15.2 Å². The molecule has 8 heteroatoms. The summed E-state index contributed by atoms with van der Waals surface area (Å²) in [6, 6.07) is 6.70. The van der Waals surface area contributed by atoms with E-state index >= 15 is 0 Å². The van der Waals surface area contributed by atoms with Gasteiger partial charge in [-0.15, -0.1) is 0 Å². The lowest BCUT2D eigenvalue weighted by molar-refractivity contribution is -0.120. The largest absolute Gasteiger partial charge is 0.349 e. The molecule has 0 fully saturated rings. The molecule has 0 atom stereocenters. The maximum Gasteiger partial charge on any atom is 0.224 e. The number of fused-ring (bicyclic) bond motifs is 1. The number of rotatable bonds is 4. The average Bonchev–Trinajstić information content (AvgIpc) is 2.86. The van der Waals surface area contributed by atoms with Crippen molar-refractivity contribution in [2.24, 2.45) is 0 Å². The van der Waals surface area contributed by atoms with Crippen LogP contribution in [-0.4, -0.2) is 20.9 Å². The van der Waals surface area contributed by atoms with Crippen LogP contribution in [0, 0.1) is 0 Å². The number of aromatic nitrogens is 3. The molecule has 118 valence electrons. The highest BCUT2D eigenvalue weighted by molar-refractivity contribution is 6.34. The van der Waals surface area contributed by atoms with E-state index in [4.69, 9.17) is 34.8 Å². The molecule has 0 spiro atoms. The quantitative estimate of drug-likeness (QED) is 0.688. The van der Waals surface area contributed by atoms with Crippen molar-refractivity contribution < 1.29 is 4.79 Å². The van der Waals surface area contributed by atoms with Crippen LogP contribution in [0.4, 0.5) is 0 Å². The van der Waals surface area contributed by atoms with Gasteiger partial charge >= 0.3 is 0 Å². The van der Waals surface area contributed by atoms with Crippen LogP contribution in [0.25, 0.3) is 11.0 Å². The molecule has 0 bridgehead atoms. The molecule has 3 aromatic rings. The molecule has 0 aliphatic heterocycles. The number of nitrogens with one attached hydrogen (secondary N) is 2. The first-order chi connectivity index (χ1) is 11.0. The van der Waals surface area contributed by atoms with Gasteiger partial charge in [0.15, 0.2) is 0 Å². The Morgan fingerprint density at radius 1 is 1.13 bits per heavy atom. The summed E-state index contributed by atoms with van der Waals surface area (Å²) < 4.78 is 0. The second-order valence-corrected chi connectivity index (χ2v) is 6.20. The molecule has 0 unspecified atom stereocenters. The summed E-state index contributed by atoms with van der Waals surface area (Å²) in [5.74, 6) is 0.474. The Bertz CT molecular complexity index is 858. The first kappa shape index (κ1) is 16.1. The second-order valence-electron chi connectivity index (χ2n) is 4.94. The third kappa shape index (κ3) is 4.13. The summed E-state index contributed by atoms with van der Waals surface area (Å²) >= 11 is 17.6. The van der Waals surface area contributed by atoms with Crippen LogP contribution in [-0.2, 0) is 17.8 Å². The fraction of sp³-hybridized carbons (Fsp3) is 0.133. The molecule has 2 N–H and O–H groups in total. The van der Waals surface area contributed by atoms with Gasteiger partial charge in [-0.25, -0.2) is 9.97 Å². The standard InChI is InChI=1S/C15H11Cl3N4O/c16-9-1-8(2-10(17)4-9)3-15(23)20-7-14-21-11-5-13(18)19-6-12(11)22-14/h1-2,4-6H,3,7H2,(H,20,23)(H,21,22). The minimum Gasteiger partial charge on any atom is -0.349 e. The molecule has 1 amide bonds. The molecule has 2 aromatic heterocycles. The Hall–Kier alpha value is -1.82. The summed E-state index contributed by atoms with van der Waals surface area (Å²) in [5, 5.41) is 4.17. The normalized spacial score (nSPS) is 10.9. The number of benzene rings is 1. The number of nitrogens with zero attached hydrogens (tertiary/aromatic N) is 2. The number of carbonyl (C=O) groups excluding carboxylic acids is 1. The average molecular weight is 370 g/mol. The van der Waals surface area contributed by atoms with Crippen LogP contribution in [0.1, 0.15) is 11.4 Å². The van der Waals surface area contributed by atoms with E-state index in [9.17, 15) is 4.79 Å². The molecule has 5 nitrogen and oxygen atoms in total. The fourth-order valence-corrected chi connectivity index (χ4v) is 2.89. The summed E-state index contributed by atoms with van der Waals surface area (Å²) in [6.45, 7) is 0.277. The van der Waals surface area contributed by atoms with E-state index in [1.54, 1.807) is 30.5 Å². The van der Waals surface area contributed by atoms with Crippen molar-refractivity contribution in [1.82, 2.24) is 20.3 Å². The lowest BCUT2D eigenvalue weighted by Crippen LogP contribution is -2.25. The molecule has 0 aliphatic carbocycles. The van der Waals surface area contributed by atoms with Gasteiger partial charge in [-0.05, 0) is 23.8 Å². The maximum absolute atomic E-state index is 12.0. The number of hydrogen-bond donors (Lipinski definition) is 2. The summed E-state index contributed by atoms with van der Waals surface area (Å²) in [7, 11) is 0. The van der Waals surface area contributed by atoms with Gasteiger partial charge in [-0.3, -0.25) is 4.79 Å². The topological polar surface area (TPSA) is 70.7 Å². The van der Waals surface area contributed by atoms with Crippen LogP contribution >= 0.6 is 34.8 Å². The molecule has 0 radical (unpaired) electrons. The fourth-order valence-electron chi connectivity index (χ4n) is 2.16. The van der Waals surface area contributed by atoms with Crippen molar-refractivity contribution in [2.45, 2.75) is 13.0 Å². The minimum atomic E-state index is -0.153. The van der Waals surface area contributed by atoms with E-state index in [2.05, 4.69) is 20.3 Å². The lowest BCUT2D eigenvalue weighted by Gasteiger charge is -2.04. The Labute approximate surface area is 147 Å². The zero-order valence-electron chi connectivity index (χ0n) is 11.7. The van der Waals surface area contributed by atoms with Gasteiger partial charge in [0.2, 0.25) is 5.91 Å². The highest BCUT2D eigenvalue weighted by Crippen LogP contribution is 2.19. The number of pyridine rings is 1. The Morgan fingerprint density at radius 2 is 1.87 bits per heavy atom. The first-order valence-electron chi connectivity index (χ1n) is 6.71. The molecule has 0 saturated carbocycles. The van der Waals surface area contributed by atoms with E-state index < -0.39 is 0 Å². The SMILES string of the molecule is O=C(Cc1cc(Cl)cc(Cl)c1)NCc1nc2cc(Cl)ncc2[nH]1. The van der Waals surface area contributed by atoms with E-state index in [1.165, 1.54) is 0 Å². The number of hydrogen-bond acceptors (Lipinski definition) is 3. The van der Waals surface area contributed by atoms with Crippen molar-refractivity contribution in [3.8, 4) is 0 Å². The van der Waals surface area contributed by atoms with E-state index in [0.717, 1.165) is 11.1 Å². The van der Waals surface area contributed by atoms with E-state index in [0.29, 0.717) is 26.5 Å². The smallest absolute Gasteiger partial charge is 0.224 e. The predicted octanol–water partition coefficient (Wildman–Crippen LogP) is 3.78. The van der Waals surface area contributed by atoms with Crippen LogP contribution in [0.15, 0.2) is 30.5 Å². The summed E-state index contributed by atoms with van der Waals surface area (Å²) in [6.07, 6.45) is 1.79. The maximum atomic E-state index is 12.0. The second kappa shape index (κ2) is 6.74. The highest BCUT2D eigenvalue weighted by atomic mass is 35.5. The molecular weight excluding hydrogens is 359 g/mol. The zero-order chi connectivity index (χ0) is 16.4. The van der Waals surface area contributed by atoms with Crippen molar-refractivity contribution in [2.75, 3.05) is 0 Å². The molecule has 0 aliphatic rings. The third-order valence-electron chi connectivity index (χ3n) is 3.12. The lowest BCUT2D eigenvalue weighted by atomic mass is 10.1. The van der Waals surface area contributed by atoms with Crippen molar-refractivity contribution in [3.63, 3.8) is 0 Å². The molecule has 23 heavy (non-hydrogen) atoms. The van der Waals surface area contributed by atoms with Gasteiger partial charge in [-0.2, -0.15) is 0 Å². The Balaban J connectivity index is 1.63. The summed E-state index contributed by atoms with van der Waals surface area (Å²) in [5.41, 5.74) is 2.22. The minimum absolute atomic E-state index is 0.153. The van der Waals surface area contributed by atoms with Crippen LogP contribution < -0.4 is 5.32 Å². The Kier molecular flexibility index (Phi) is 4.71. The zero-order valence-corrected chi connectivity index (χ0v) is 14.0. The molecular formula is C15H11Cl3N4O. The number of amides is 1. The van der Waals surface area contributed by atoms with Gasteiger partial charge < -0.3 is 10.3 Å². The van der Waals surface area contributed by atoms with Crippen molar-refractivity contribution in [3.05, 3.63) is 57.0 Å². The van der Waals surface area contributed by atoms with Crippen LogP contribution in [0.5, 0.6) is 0 Å². The van der Waals surface area contributed by atoms with Gasteiger partial charge in [0.1, 0.15) is 11.0 Å². The first-order valence-corrected chi connectivity index (χ1v) is 7.85. The molecule has 2 heterocycles. The van der Waals surface area contributed by atoms with E-state index in [1.807, 2.05) is 0 Å². The van der Waals surface area contributed by atoms with E-state index in [-0.39, 0.29) is 18.9 Å². The molecule has 3 rings (SSSR count). The van der Waals surface area contributed by atoms with Gasteiger partial charge in [0.25, 0.3) is 0 Å². The van der Waals surface area contributed by atoms with Gasteiger partial charge in [0, 0.05) is 16.1 Å². The molecule has 0 saturated heterocycles. The highest BCUT2D eigenvalue weighted by Gasteiger charge is 2.08. The predicted molar refractivity (Wildman–Crippen MR) is 90.9 cm³/mol. The summed E-state index contributed by atoms with van der Waals surface area (Å²) in [4.78, 5) is 23.4. The number of aromatic amines is 1. The number of carbonyl (C=O) groups is 1. The Morgan fingerprint density at radius 3 is 2.61 bits per heavy atom. The third-order valence-corrected chi connectivity index (χ3v) is 3.77. The van der Waals surface area contributed by atoms with Gasteiger partial charge in [0.05, 0.1) is 30.2 Å². The van der Waals surface area contributed by atoms with Gasteiger partial charge in [-0.1, -0.05) is 34.8 Å². The van der Waals surface area contributed by atoms with Crippen molar-refractivity contribution >= 4 is 51.7 Å². The van der Waals surface area contributed by atoms with Crippen LogP contribution in [0.3, 0.4) is 0 Å². The molecule has 1 aromatic carbocycles. The number of halogens is 3. The number of imidazole rings is 1.